The average Bonchev–Trinajstić information content (AvgIpc) is 3.09. The van der Waals surface area contributed by atoms with E-state index < -0.39 is 0 Å². The fourth-order valence-corrected chi connectivity index (χ4v) is 3.08. The standard InChI is InChI=1S/C16H11N3O2S/c1-9-6-7-12-11(17-9)8-13(21-12)15(20)19-16-18-10-4-2-3-5-14(10)22-16/h2-8H,1H3,(H,18,19,20). The third-order valence-electron chi connectivity index (χ3n) is 3.25. The maximum absolute atomic E-state index is 12.3. The summed E-state index contributed by atoms with van der Waals surface area (Å²) in [6.07, 6.45) is 0. The van der Waals surface area contributed by atoms with Gasteiger partial charge in [-0.15, -0.1) is 0 Å². The molecular weight excluding hydrogens is 298 g/mol. The Morgan fingerprint density at radius 2 is 2.00 bits per heavy atom. The fraction of sp³-hybridized carbons (Fsp3) is 0.0625. The molecular formula is C16H11N3O2S. The Morgan fingerprint density at radius 1 is 1.14 bits per heavy atom. The van der Waals surface area contributed by atoms with Gasteiger partial charge in [-0.2, -0.15) is 0 Å². The molecule has 5 nitrogen and oxygen atoms in total. The SMILES string of the molecule is Cc1ccc2oc(C(=O)Nc3nc4ccccc4s3)cc2n1. The van der Waals surface area contributed by atoms with Crippen LogP contribution in [0.15, 0.2) is 46.9 Å². The van der Waals surface area contributed by atoms with Crippen molar-refractivity contribution in [2.24, 2.45) is 0 Å². The second-order valence-corrected chi connectivity index (χ2v) is 5.92. The number of amides is 1. The predicted octanol–water partition coefficient (Wildman–Crippen LogP) is 4.00. The molecule has 0 aliphatic heterocycles. The molecule has 0 saturated carbocycles. The van der Waals surface area contributed by atoms with Gasteiger partial charge in [0.25, 0.3) is 5.91 Å². The van der Waals surface area contributed by atoms with Gasteiger partial charge in [-0.25, -0.2) is 9.97 Å². The number of nitrogens with one attached hydrogen (secondary N) is 1. The first kappa shape index (κ1) is 13.0. The van der Waals surface area contributed by atoms with Crippen LogP contribution in [0.5, 0.6) is 0 Å². The van der Waals surface area contributed by atoms with Crippen LogP contribution in [0.1, 0.15) is 16.2 Å². The number of aryl methyl sites for hydroxylation is 1. The molecule has 3 heterocycles. The largest absolute Gasteiger partial charge is 0.449 e. The van der Waals surface area contributed by atoms with Crippen LogP contribution in [0.4, 0.5) is 5.13 Å². The third-order valence-corrected chi connectivity index (χ3v) is 4.20. The number of benzene rings is 1. The quantitative estimate of drug-likeness (QED) is 0.607. The summed E-state index contributed by atoms with van der Waals surface area (Å²) in [6.45, 7) is 1.90. The van der Waals surface area contributed by atoms with Gasteiger partial charge in [0.15, 0.2) is 16.5 Å². The summed E-state index contributed by atoms with van der Waals surface area (Å²) in [5, 5.41) is 3.32. The molecule has 0 spiro atoms. The Labute approximate surface area is 129 Å². The summed E-state index contributed by atoms with van der Waals surface area (Å²) in [5.74, 6) is -0.0953. The number of carbonyl (C=O) groups is 1. The molecule has 4 rings (SSSR count). The van der Waals surface area contributed by atoms with E-state index in [9.17, 15) is 4.79 Å². The Hall–Kier alpha value is -2.73. The second-order valence-electron chi connectivity index (χ2n) is 4.89. The molecule has 0 unspecified atom stereocenters. The van der Waals surface area contributed by atoms with Gasteiger partial charge in [0, 0.05) is 11.8 Å². The number of hydrogen-bond acceptors (Lipinski definition) is 5. The third kappa shape index (κ3) is 2.23. The molecule has 0 aliphatic carbocycles. The van der Waals surface area contributed by atoms with Crippen LogP contribution in [0.3, 0.4) is 0 Å². The number of hydrogen-bond donors (Lipinski definition) is 1. The number of thiazole rings is 1. The van der Waals surface area contributed by atoms with Gasteiger partial charge in [0.1, 0.15) is 5.52 Å². The molecule has 0 aliphatic rings. The second kappa shape index (κ2) is 4.92. The van der Waals surface area contributed by atoms with E-state index in [0.29, 0.717) is 16.2 Å². The first-order chi connectivity index (χ1) is 10.7. The number of fused-ring (bicyclic) bond motifs is 2. The minimum atomic E-state index is -0.324. The molecule has 0 bridgehead atoms. The van der Waals surface area contributed by atoms with Crippen molar-refractivity contribution in [1.29, 1.82) is 0 Å². The highest BCUT2D eigenvalue weighted by Crippen LogP contribution is 2.26. The zero-order valence-electron chi connectivity index (χ0n) is 11.7. The van der Waals surface area contributed by atoms with Crippen LogP contribution >= 0.6 is 11.3 Å². The molecule has 3 aromatic heterocycles. The lowest BCUT2D eigenvalue weighted by Crippen LogP contribution is -2.10. The Bertz CT molecular complexity index is 970. The predicted molar refractivity (Wildman–Crippen MR) is 86.3 cm³/mol. The first-order valence-electron chi connectivity index (χ1n) is 6.73. The number of aromatic nitrogens is 2. The highest BCUT2D eigenvalue weighted by molar-refractivity contribution is 7.22. The number of para-hydroxylation sites is 1. The zero-order valence-corrected chi connectivity index (χ0v) is 12.5. The van der Waals surface area contributed by atoms with Crippen molar-refractivity contribution in [2.45, 2.75) is 6.92 Å². The van der Waals surface area contributed by atoms with E-state index in [1.807, 2.05) is 43.3 Å². The van der Waals surface area contributed by atoms with Crippen LogP contribution in [-0.2, 0) is 0 Å². The number of carbonyl (C=O) groups excluding carboxylic acids is 1. The summed E-state index contributed by atoms with van der Waals surface area (Å²) in [4.78, 5) is 21.0. The van der Waals surface area contributed by atoms with Crippen molar-refractivity contribution in [3.63, 3.8) is 0 Å². The highest BCUT2D eigenvalue weighted by atomic mass is 32.1. The van der Waals surface area contributed by atoms with E-state index in [-0.39, 0.29) is 11.7 Å². The lowest BCUT2D eigenvalue weighted by molar-refractivity contribution is 0.0998. The van der Waals surface area contributed by atoms with Gasteiger partial charge >= 0.3 is 0 Å². The van der Waals surface area contributed by atoms with Crippen LogP contribution in [0, 0.1) is 6.92 Å². The number of nitrogens with zero attached hydrogens (tertiary/aromatic N) is 2. The van der Waals surface area contributed by atoms with Gasteiger partial charge < -0.3 is 4.42 Å². The molecule has 0 fully saturated rings. The van der Waals surface area contributed by atoms with Crippen LogP contribution in [0.25, 0.3) is 21.3 Å². The first-order valence-corrected chi connectivity index (χ1v) is 7.55. The molecule has 1 aromatic carbocycles. The van der Waals surface area contributed by atoms with E-state index in [1.54, 1.807) is 6.07 Å². The summed E-state index contributed by atoms with van der Waals surface area (Å²) < 4.78 is 6.56. The summed E-state index contributed by atoms with van der Waals surface area (Å²) in [6, 6.07) is 13.0. The lowest BCUT2D eigenvalue weighted by Gasteiger charge is -1.96. The van der Waals surface area contributed by atoms with E-state index in [2.05, 4.69) is 15.3 Å². The zero-order chi connectivity index (χ0) is 15.1. The van der Waals surface area contributed by atoms with Crippen molar-refractivity contribution in [3.05, 3.63) is 53.9 Å². The summed E-state index contributed by atoms with van der Waals surface area (Å²) in [7, 11) is 0. The molecule has 22 heavy (non-hydrogen) atoms. The monoisotopic (exact) mass is 309 g/mol. The number of furan rings is 1. The van der Waals surface area contributed by atoms with E-state index in [1.165, 1.54) is 11.3 Å². The Balaban J connectivity index is 1.65. The highest BCUT2D eigenvalue weighted by Gasteiger charge is 2.15. The maximum atomic E-state index is 12.3. The van der Waals surface area contributed by atoms with Crippen molar-refractivity contribution in [1.82, 2.24) is 9.97 Å². The van der Waals surface area contributed by atoms with Gasteiger partial charge in [-0.3, -0.25) is 10.1 Å². The van der Waals surface area contributed by atoms with Gasteiger partial charge in [-0.05, 0) is 31.2 Å². The molecule has 108 valence electrons. The van der Waals surface area contributed by atoms with Crippen LogP contribution in [-0.4, -0.2) is 15.9 Å². The van der Waals surface area contributed by atoms with Gasteiger partial charge in [0.05, 0.1) is 10.2 Å². The minimum Gasteiger partial charge on any atom is -0.449 e. The topological polar surface area (TPSA) is 68.0 Å². The Kier molecular flexibility index (Phi) is 2.90. The van der Waals surface area contributed by atoms with Gasteiger partial charge in [-0.1, -0.05) is 23.5 Å². The molecule has 0 atom stereocenters. The summed E-state index contributed by atoms with van der Waals surface area (Å²) >= 11 is 1.43. The minimum absolute atomic E-state index is 0.229. The lowest BCUT2D eigenvalue weighted by atomic mass is 10.3. The van der Waals surface area contributed by atoms with Gasteiger partial charge in [0.2, 0.25) is 0 Å². The molecule has 1 amide bonds. The van der Waals surface area contributed by atoms with Crippen LogP contribution in [0.2, 0.25) is 0 Å². The van der Waals surface area contributed by atoms with E-state index in [0.717, 1.165) is 15.9 Å². The fourth-order valence-electron chi connectivity index (χ4n) is 2.22. The smallest absolute Gasteiger partial charge is 0.293 e. The number of rotatable bonds is 2. The van der Waals surface area contributed by atoms with Crippen molar-refractivity contribution in [2.75, 3.05) is 5.32 Å². The maximum Gasteiger partial charge on any atom is 0.293 e. The van der Waals surface area contributed by atoms with Crippen molar-refractivity contribution in [3.8, 4) is 0 Å². The Morgan fingerprint density at radius 3 is 2.86 bits per heavy atom. The van der Waals surface area contributed by atoms with Crippen molar-refractivity contribution < 1.29 is 9.21 Å². The normalized spacial score (nSPS) is 11.1. The van der Waals surface area contributed by atoms with Crippen LogP contribution < -0.4 is 5.32 Å². The molecule has 1 N–H and O–H groups in total. The molecule has 0 radical (unpaired) electrons. The molecule has 6 heteroatoms. The van der Waals surface area contributed by atoms with E-state index in [4.69, 9.17) is 4.42 Å². The summed E-state index contributed by atoms with van der Waals surface area (Å²) in [5.41, 5.74) is 3.02. The molecule has 0 saturated heterocycles. The number of pyridine rings is 1. The van der Waals surface area contributed by atoms with Crippen molar-refractivity contribution >= 4 is 43.7 Å². The molecule has 4 aromatic rings. The number of anilines is 1. The average molecular weight is 309 g/mol. The van der Waals surface area contributed by atoms with E-state index >= 15 is 0 Å².